The lowest BCUT2D eigenvalue weighted by molar-refractivity contribution is -0.122. The molecule has 32 heavy (non-hydrogen) atoms. The first kappa shape index (κ1) is 21.3. The van der Waals surface area contributed by atoms with E-state index in [1.807, 2.05) is 61.5 Å². The molecule has 1 aliphatic rings. The second kappa shape index (κ2) is 9.47. The van der Waals surface area contributed by atoms with E-state index in [4.69, 9.17) is 0 Å². The lowest BCUT2D eigenvalue weighted by atomic mass is 10.1. The van der Waals surface area contributed by atoms with Gasteiger partial charge in [-0.1, -0.05) is 60.2 Å². The molecule has 3 aromatic rings. The van der Waals surface area contributed by atoms with Gasteiger partial charge in [0.1, 0.15) is 0 Å². The van der Waals surface area contributed by atoms with Crippen molar-refractivity contribution in [2.75, 3.05) is 16.8 Å². The van der Waals surface area contributed by atoms with Crippen LogP contribution in [0.5, 0.6) is 0 Å². The Morgan fingerprint density at radius 2 is 1.62 bits per heavy atom. The van der Waals surface area contributed by atoms with Crippen LogP contribution < -0.4 is 15.5 Å². The molecular formula is C26H25N3O3. The summed E-state index contributed by atoms with van der Waals surface area (Å²) in [5, 5.41) is 5.75. The fourth-order valence-electron chi connectivity index (χ4n) is 3.75. The first-order valence-corrected chi connectivity index (χ1v) is 10.6. The third kappa shape index (κ3) is 4.86. The van der Waals surface area contributed by atoms with Crippen molar-refractivity contribution in [3.8, 4) is 0 Å². The summed E-state index contributed by atoms with van der Waals surface area (Å²) < 4.78 is 0. The number of carbonyl (C=O) groups is 3. The summed E-state index contributed by atoms with van der Waals surface area (Å²) >= 11 is 0. The monoisotopic (exact) mass is 427 g/mol. The van der Waals surface area contributed by atoms with Crippen molar-refractivity contribution in [1.82, 2.24) is 5.32 Å². The van der Waals surface area contributed by atoms with E-state index >= 15 is 0 Å². The van der Waals surface area contributed by atoms with Gasteiger partial charge in [-0.2, -0.15) is 0 Å². The van der Waals surface area contributed by atoms with Crippen LogP contribution in [-0.4, -0.2) is 24.3 Å². The summed E-state index contributed by atoms with van der Waals surface area (Å²) in [4.78, 5) is 39.7. The number of rotatable bonds is 6. The number of anilines is 2. The molecule has 1 fully saturated rings. The Bertz CT molecular complexity index is 1130. The Labute approximate surface area is 187 Å². The number of hydrogen-bond acceptors (Lipinski definition) is 3. The molecule has 3 aromatic carbocycles. The van der Waals surface area contributed by atoms with Gasteiger partial charge in [0.15, 0.2) is 0 Å². The van der Waals surface area contributed by atoms with Crippen molar-refractivity contribution in [3.63, 3.8) is 0 Å². The van der Waals surface area contributed by atoms with Crippen LogP contribution in [0.25, 0.3) is 0 Å². The molecule has 0 aliphatic carbocycles. The number of aryl methyl sites for hydroxylation is 1. The van der Waals surface area contributed by atoms with E-state index in [-0.39, 0.29) is 24.1 Å². The van der Waals surface area contributed by atoms with E-state index in [1.54, 1.807) is 29.2 Å². The Kier molecular flexibility index (Phi) is 6.31. The van der Waals surface area contributed by atoms with Gasteiger partial charge in [0, 0.05) is 25.2 Å². The third-order valence-electron chi connectivity index (χ3n) is 5.57. The minimum Gasteiger partial charge on any atom is -0.348 e. The van der Waals surface area contributed by atoms with E-state index in [0.717, 1.165) is 16.8 Å². The Morgan fingerprint density at radius 1 is 0.938 bits per heavy atom. The molecule has 0 unspecified atom stereocenters. The number of hydrogen-bond donors (Lipinski definition) is 2. The summed E-state index contributed by atoms with van der Waals surface area (Å²) in [7, 11) is 0. The fourth-order valence-corrected chi connectivity index (χ4v) is 3.75. The molecular weight excluding hydrogens is 402 g/mol. The molecule has 0 bridgehead atoms. The van der Waals surface area contributed by atoms with Crippen LogP contribution in [0.1, 0.15) is 27.9 Å². The highest BCUT2D eigenvalue weighted by Crippen LogP contribution is 2.26. The van der Waals surface area contributed by atoms with Crippen LogP contribution in [0.4, 0.5) is 11.4 Å². The van der Waals surface area contributed by atoms with Crippen LogP contribution >= 0.6 is 0 Å². The van der Waals surface area contributed by atoms with Crippen molar-refractivity contribution in [3.05, 3.63) is 95.6 Å². The number of nitrogens with one attached hydrogen (secondary N) is 2. The minimum atomic E-state index is -0.480. The van der Waals surface area contributed by atoms with E-state index in [1.165, 1.54) is 0 Å². The predicted octanol–water partition coefficient (Wildman–Crippen LogP) is 3.92. The predicted molar refractivity (Wildman–Crippen MR) is 124 cm³/mol. The number of para-hydroxylation sites is 2. The maximum absolute atomic E-state index is 12.9. The maximum Gasteiger partial charge on any atom is 0.253 e. The van der Waals surface area contributed by atoms with Gasteiger partial charge < -0.3 is 15.5 Å². The number of benzene rings is 3. The average Bonchev–Trinajstić information content (AvgIpc) is 3.21. The molecule has 0 spiro atoms. The van der Waals surface area contributed by atoms with Gasteiger partial charge in [-0.3, -0.25) is 14.4 Å². The second-order valence-electron chi connectivity index (χ2n) is 7.94. The van der Waals surface area contributed by atoms with E-state index in [0.29, 0.717) is 24.3 Å². The summed E-state index contributed by atoms with van der Waals surface area (Å²) in [6.45, 7) is 2.72. The van der Waals surface area contributed by atoms with Gasteiger partial charge in [-0.05, 0) is 36.8 Å². The van der Waals surface area contributed by atoms with E-state index in [9.17, 15) is 14.4 Å². The van der Waals surface area contributed by atoms with E-state index < -0.39 is 5.92 Å². The normalized spacial score (nSPS) is 15.5. The first-order valence-electron chi connectivity index (χ1n) is 10.6. The van der Waals surface area contributed by atoms with Crippen molar-refractivity contribution < 1.29 is 14.4 Å². The zero-order valence-electron chi connectivity index (χ0n) is 17.9. The zero-order chi connectivity index (χ0) is 22.5. The standard InChI is InChI=1S/C26H25N3O3/c1-18-11-13-19(14-12-18)16-27-26(32)22-9-5-6-10-23(22)28-25(31)20-15-24(30)29(17-20)21-7-3-2-4-8-21/h2-14,20H,15-17H2,1H3,(H,27,32)(H,28,31)/t20-/m1/s1. The molecule has 1 atom stereocenters. The highest BCUT2D eigenvalue weighted by molar-refractivity contribution is 6.07. The molecule has 3 amide bonds. The molecule has 6 heteroatoms. The zero-order valence-corrected chi connectivity index (χ0v) is 17.9. The van der Waals surface area contributed by atoms with Gasteiger partial charge in [0.2, 0.25) is 11.8 Å². The molecule has 6 nitrogen and oxygen atoms in total. The minimum absolute atomic E-state index is 0.0829. The van der Waals surface area contributed by atoms with Crippen molar-refractivity contribution in [2.24, 2.45) is 5.92 Å². The fraction of sp³-hybridized carbons (Fsp3) is 0.192. The molecule has 1 aliphatic heterocycles. The Hall–Kier alpha value is -3.93. The Morgan fingerprint density at radius 3 is 2.38 bits per heavy atom. The van der Waals surface area contributed by atoms with Gasteiger partial charge in [-0.15, -0.1) is 0 Å². The molecule has 2 N–H and O–H groups in total. The molecule has 0 aromatic heterocycles. The molecule has 1 saturated heterocycles. The highest BCUT2D eigenvalue weighted by atomic mass is 16.2. The summed E-state index contributed by atoms with van der Waals surface area (Å²) in [5.41, 5.74) is 3.76. The maximum atomic E-state index is 12.9. The van der Waals surface area contributed by atoms with Crippen molar-refractivity contribution >= 4 is 29.1 Å². The quantitative estimate of drug-likeness (QED) is 0.626. The number of amides is 3. The van der Waals surface area contributed by atoms with Crippen LogP contribution in [0, 0.1) is 12.8 Å². The molecule has 4 rings (SSSR count). The summed E-state index contributed by atoms with van der Waals surface area (Å²) in [6.07, 6.45) is 0.141. The first-order chi connectivity index (χ1) is 15.5. The van der Waals surface area contributed by atoms with E-state index in [2.05, 4.69) is 10.6 Å². The van der Waals surface area contributed by atoms with Gasteiger partial charge in [0.25, 0.3) is 5.91 Å². The topological polar surface area (TPSA) is 78.5 Å². The largest absolute Gasteiger partial charge is 0.348 e. The number of carbonyl (C=O) groups excluding carboxylic acids is 3. The lowest BCUT2D eigenvalue weighted by Crippen LogP contribution is -2.29. The summed E-state index contributed by atoms with van der Waals surface area (Å²) in [5.74, 6) is -1.10. The second-order valence-corrected chi connectivity index (χ2v) is 7.94. The third-order valence-corrected chi connectivity index (χ3v) is 5.57. The highest BCUT2D eigenvalue weighted by Gasteiger charge is 2.35. The van der Waals surface area contributed by atoms with Gasteiger partial charge in [-0.25, -0.2) is 0 Å². The van der Waals surface area contributed by atoms with Crippen LogP contribution in [-0.2, 0) is 16.1 Å². The van der Waals surface area contributed by atoms with Crippen molar-refractivity contribution in [2.45, 2.75) is 19.9 Å². The average molecular weight is 428 g/mol. The van der Waals surface area contributed by atoms with Crippen LogP contribution in [0.3, 0.4) is 0 Å². The van der Waals surface area contributed by atoms with Gasteiger partial charge >= 0.3 is 0 Å². The van der Waals surface area contributed by atoms with Crippen LogP contribution in [0.15, 0.2) is 78.9 Å². The SMILES string of the molecule is Cc1ccc(CNC(=O)c2ccccc2NC(=O)[C@@H]2CC(=O)N(c3ccccc3)C2)cc1. The smallest absolute Gasteiger partial charge is 0.253 e. The van der Waals surface area contributed by atoms with Gasteiger partial charge in [0.05, 0.1) is 17.2 Å². The number of nitrogens with zero attached hydrogens (tertiary/aromatic N) is 1. The molecule has 0 saturated carbocycles. The Balaban J connectivity index is 1.41. The van der Waals surface area contributed by atoms with Crippen molar-refractivity contribution in [1.29, 1.82) is 0 Å². The lowest BCUT2D eigenvalue weighted by Gasteiger charge is -2.17. The molecule has 162 valence electrons. The van der Waals surface area contributed by atoms with Crippen LogP contribution in [0.2, 0.25) is 0 Å². The summed E-state index contributed by atoms with van der Waals surface area (Å²) in [6, 6.07) is 24.2. The molecule has 0 radical (unpaired) electrons. The molecule has 1 heterocycles.